The van der Waals surface area contributed by atoms with Crippen LogP contribution < -0.4 is 5.32 Å². The van der Waals surface area contributed by atoms with Gasteiger partial charge in [-0.25, -0.2) is 0 Å². The monoisotopic (exact) mass is 250 g/mol. The molecule has 2 N–H and O–H groups in total. The zero-order valence-corrected chi connectivity index (χ0v) is 9.70. The van der Waals surface area contributed by atoms with Gasteiger partial charge < -0.3 is 10.4 Å². The van der Waals surface area contributed by atoms with Crippen molar-refractivity contribution >= 4 is 11.6 Å². The standard InChI is InChI=1S/C12H14N2O4/c15-11-4-8(5-11)7-13-12(16)9-2-1-3-10(6-9)14(17)18/h1-3,6,8,11,15H,4-5,7H2,(H,13,16). The number of hydrogen-bond acceptors (Lipinski definition) is 4. The van der Waals surface area contributed by atoms with Crippen LogP contribution in [-0.2, 0) is 0 Å². The Morgan fingerprint density at radius 2 is 2.22 bits per heavy atom. The number of benzene rings is 1. The highest BCUT2D eigenvalue weighted by atomic mass is 16.6. The number of rotatable bonds is 4. The number of nitrogens with one attached hydrogen (secondary N) is 1. The Balaban J connectivity index is 1.92. The van der Waals surface area contributed by atoms with E-state index in [-0.39, 0.29) is 23.3 Å². The van der Waals surface area contributed by atoms with Crippen LogP contribution in [0.5, 0.6) is 0 Å². The summed E-state index contributed by atoms with van der Waals surface area (Å²) in [4.78, 5) is 21.8. The van der Waals surface area contributed by atoms with Crippen LogP contribution in [0.4, 0.5) is 5.69 Å². The van der Waals surface area contributed by atoms with E-state index in [1.165, 1.54) is 24.3 Å². The predicted octanol–water partition coefficient (Wildman–Crippen LogP) is 1.10. The molecule has 0 aromatic heterocycles. The molecule has 1 aliphatic carbocycles. The van der Waals surface area contributed by atoms with Crippen molar-refractivity contribution < 1.29 is 14.8 Å². The van der Waals surface area contributed by atoms with E-state index in [1.807, 2.05) is 0 Å². The minimum Gasteiger partial charge on any atom is -0.393 e. The average molecular weight is 250 g/mol. The van der Waals surface area contributed by atoms with Crippen LogP contribution in [0.1, 0.15) is 23.2 Å². The van der Waals surface area contributed by atoms with Gasteiger partial charge >= 0.3 is 0 Å². The summed E-state index contributed by atoms with van der Waals surface area (Å²) in [5, 5.41) is 22.4. The summed E-state index contributed by atoms with van der Waals surface area (Å²) in [6.07, 6.45) is 1.16. The number of nitro groups is 1. The van der Waals surface area contributed by atoms with E-state index in [1.54, 1.807) is 0 Å². The lowest BCUT2D eigenvalue weighted by Gasteiger charge is -2.31. The Morgan fingerprint density at radius 1 is 1.50 bits per heavy atom. The van der Waals surface area contributed by atoms with Crippen LogP contribution in [0.2, 0.25) is 0 Å². The molecule has 1 aliphatic rings. The molecule has 0 atom stereocenters. The Labute approximate surface area is 104 Å². The molecular formula is C12H14N2O4. The second-order valence-electron chi connectivity index (χ2n) is 4.51. The molecule has 2 rings (SSSR count). The van der Waals surface area contributed by atoms with E-state index in [0.717, 1.165) is 0 Å². The highest BCUT2D eigenvalue weighted by Gasteiger charge is 2.27. The average Bonchev–Trinajstić information content (AvgIpc) is 2.33. The summed E-state index contributed by atoms with van der Waals surface area (Å²) in [5.74, 6) is -0.0114. The first kappa shape index (κ1) is 12.5. The summed E-state index contributed by atoms with van der Waals surface area (Å²) >= 11 is 0. The number of nitrogens with zero attached hydrogens (tertiary/aromatic N) is 1. The molecule has 0 bridgehead atoms. The molecule has 6 heteroatoms. The van der Waals surface area contributed by atoms with Crippen molar-refractivity contribution in [1.29, 1.82) is 0 Å². The number of aliphatic hydroxyl groups is 1. The Morgan fingerprint density at radius 3 is 2.83 bits per heavy atom. The van der Waals surface area contributed by atoms with E-state index in [2.05, 4.69) is 5.32 Å². The fraction of sp³-hybridized carbons (Fsp3) is 0.417. The molecule has 0 radical (unpaired) electrons. The molecule has 1 amide bonds. The molecule has 1 aromatic carbocycles. The predicted molar refractivity (Wildman–Crippen MR) is 64.2 cm³/mol. The van der Waals surface area contributed by atoms with Gasteiger partial charge in [-0.2, -0.15) is 0 Å². The molecule has 0 saturated heterocycles. The number of amides is 1. The lowest BCUT2D eigenvalue weighted by atomic mass is 9.82. The van der Waals surface area contributed by atoms with Crippen molar-refractivity contribution in [3.05, 3.63) is 39.9 Å². The van der Waals surface area contributed by atoms with Crippen LogP contribution in [0.15, 0.2) is 24.3 Å². The first-order chi connectivity index (χ1) is 8.56. The molecule has 6 nitrogen and oxygen atoms in total. The van der Waals surface area contributed by atoms with Gasteiger partial charge in [0.1, 0.15) is 0 Å². The fourth-order valence-corrected chi connectivity index (χ4v) is 1.97. The number of nitro benzene ring substituents is 1. The van der Waals surface area contributed by atoms with Crippen molar-refractivity contribution in [3.8, 4) is 0 Å². The minimum atomic E-state index is -0.529. The van der Waals surface area contributed by atoms with Gasteiger partial charge in [0.25, 0.3) is 11.6 Å². The van der Waals surface area contributed by atoms with Gasteiger partial charge in [-0.1, -0.05) is 6.07 Å². The number of hydrogen-bond donors (Lipinski definition) is 2. The molecule has 1 aromatic rings. The molecule has 1 saturated carbocycles. The highest BCUT2D eigenvalue weighted by Crippen LogP contribution is 2.26. The van der Waals surface area contributed by atoms with Gasteiger partial charge in [-0.15, -0.1) is 0 Å². The zero-order chi connectivity index (χ0) is 13.1. The number of aliphatic hydroxyl groups excluding tert-OH is 1. The maximum atomic E-state index is 11.7. The van der Waals surface area contributed by atoms with E-state index >= 15 is 0 Å². The van der Waals surface area contributed by atoms with E-state index in [0.29, 0.717) is 25.3 Å². The lowest BCUT2D eigenvalue weighted by Crippen LogP contribution is -2.38. The van der Waals surface area contributed by atoms with Crippen molar-refractivity contribution in [2.45, 2.75) is 18.9 Å². The molecular weight excluding hydrogens is 236 g/mol. The van der Waals surface area contributed by atoms with E-state index < -0.39 is 4.92 Å². The van der Waals surface area contributed by atoms with E-state index in [9.17, 15) is 14.9 Å². The highest BCUT2D eigenvalue weighted by molar-refractivity contribution is 5.94. The minimum absolute atomic E-state index is 0.0956. The Hall–Kier alpha value is -1.95. The van der Waals surface area contributed by atoms with Crippen LogP contribution >= 0.6 is 0 Å². The molecule has 18 heavy (non-hydrogen) atoms. The number of carbonyl (C=O) groups is 1. The largest absolute Gasteiger partial charge is 0.393 e. The lowest BCUT2D eigenvalue weighted by molar-refractivity contribution is -0.384. The molecule has 0 unspecified atom stereocenters. The van der Waals surface area contributed by atoms with Gasteiger partial charge in [-0.3, -0.25) is 14.9 Å². The third-order valence-corrected chi connectivity index (χ3v) is 3.08. The van der Waals surface area contributed by atoms with Crippen molar-refractivity contribution in [2.24, 2.45) is 5.92 Å². The second-order valence-corrected chi connectivity index (χ2v) is 4.51. The second kappa shape index (κ2) is 5.14. The summed E-state index contributed by atoms with van der Waals surface area (Å²) in [6.45, 7) is 0.499. The van der Waals surface area contributed by atoms with Gasteiger partial charge in [0.15, 0.2) is 0 Å². The maximum Gasteiger partial charge on any atom is 0.270 e. The summed E-state index contributed by atoms with van der Waals surface area (Å²) < 4.78 is 0. The third kappa shape index (κ3) is 2.84. The Bertz CT molecular complexity index is 469. The van der Waals surface area contributed by atoms with Crippen molar-refractivity contribution in [1.82, 2.24) is 5.32 Å². The Kier molecular flexibility index (Phi) is 3.57. The first-order valence-electron chi connectivity index (χ1n) is 5.77. The van der Waals surface area contributed by atoms with E-state index in [4.69, 9.17) is 5.11 Å². The van der Waals surface area contributed by atoms with Crippen LogP contribution in [0.3, 0.4) is 0 Å². The zero-order valence-electron chi connectivity index (χ0n) is 9.70. The molecule has 96 valence electrons. The quantitative estimate of drug-likeness (QED) is 0.618. The fourth-order valence-electron chi connectivity index (χ4n) is 1.97. The van der Waals surface area contributed by atoms with Crippen LogP contribution in [-0.4, -0.2) is 28.6 Å². The molecule has 0 aliphatic heterocycles. The molecule has 0 heterocycles. The van der Waals surface area contributed by atoms with Crippen molar-refractivity contribution in [3.63, 3.8) is 0 Å². The number of non-ortho nitro benzene ring substituents is 1. The molecule has 1 fully saturated rings. The van der Waals surface area contributed by atoms with Gasteiger partial charge in [0, 0.05) is 24.2 Å². The summed E-state index contributed by atoms with van der Waals surface area (Å²) in [7, 11) is 0. The smallest absolute Gasteiger partial charge is 0.270 e. The number of carbonyl (C=O) groups excluding carboxylic acids is 1. The first-order valence-corrected chi connectivity index (χ1v) is 5.77. The van der Waals surface area contributed by atoms with Gasteiger partial charge in [-0.05, 0) is 24.8 Å². The normalized spacial score (nSPS) is 22.1. The van der Waals surface area contributed by atoms with Crippen molar-refractivity contribution in [2.75, 3.05) is 6.54 Å². The SMILES string of the molecule is O=C(NCC1CC(O)C1)c1cccc([N+](=O)[O-])c1. The van der Waals surface area contributed by atoms with Gasteiger partial charge in [0.2, 0.25) is 0 Å². The van der Waals surface area contributed by atoms with Crippen LogP contribution in [0.25, 0.3) is 0 Å². The third-order valence-electron chi connectivity index (χ3n) is 3.08. The summed E-state index contributed by atoms with van der Waals surface area (Å²) in [6, 6.07) is 5.63. The van der Waals surface area contributed by atoms with Crippen LogP contribution in [0, 0.1) is 16.0 Å². The molecule has 0 spiro atoms. The summed E-state index contributed by atoms with van der Waals surface area (Å²) in [5.41, 5.74) is 0.186. The van der Waals surface area contributed by atoms with Gasteiger partial charge in [0.05, 0.1) is 11.0 Å². The topological polar surface area (TPSA) is 92.5 Å². The maximum absolute atomic E-state index is 11.7.